The first-order valence-electron chi connectivity index (χ1n) is 7.17. The van der Waals surface area contributed by atoms with Gasteiger partial charge < -0.3 is 9.84 Å². The Morgan fingerprint density at radius 1 is 1.40 bits per heavy atom. The predicted molar refractivity (Wildman–Crippen MR) is 77.7 cm³/mol. The molecule has 1 N–H and O–H groups in total. The van der Waals surface area contributed by atoms with E-state index in [1.54, 1.807) is 0 Å². The van der Waals surface area contributed by atoms with Crippen molar-refractivity contribution in [2.45, 2.75) is 32.9 Å². The number of rotatable bonds is 5. The van der Waals surface area contributed by atoms with Crippen LogP contribution in [-0.2, 0) is 9.53 Å². The Bertz CT molecular complexity index is 457. The zero-order valence-electron chi connectivity index (χ0n) is 12.4. The van der Waals surface area contributed by atoms with Crippen LogP contribution in [0.1, 0.15) is 31.0 Å². The van der Waals surface area contributed by atoms with Crippen LogP contribution in [-0.4, -0.2) is 41.8 Å². The zero-order chi connectivity index (χ0) is 14.7. The molecule has 1 saturated heterocycles. The van der Waals surface area contributed by atoms with E-state index in [0.29, 0.717) is 13.2 Å². The van der Waals surface area contributed by atoms with Crippen molar-refractivity contribution >= 4 is 5.97 Å². The Hall–Kier alpha value is -1.39. The molecule has 4 nitrogen and oxygen atoms in total. The van der Waals surface area contributed by atoms with E-state index in [9.17, 15) is 9.90 Å². The summed E-state index contributed by atoms with van der Waals surface area (Å²) in [6.07, 6.45) is 0. The third-order valence-electron chi connectivity index (χ3n) is 4.22. The van der Waals surface area contributed by atoms with E-state index < -0.39 is 11.9 Å². The molecule has 3 unspecified atom stereocenters. The number of benzene rings is 1. The second-order valence-electron chi connectivity index (χ2n) is 5.47. The summed E-state index contributed by atoms with van der Waals surface area (Å²) in [4.78, 5) is 13.6. The van der Waals surface area contributed by atoms with Crippen molar-refractivity contribution in [1.82, 2.24) is 4.90 Å². The summed E-state index contributed by atoms with van der Waals surface area (Å²) in [7, 11) is 0. The van der Waals surface area contributed by atoms with Crippen LogP contribution >= 0.6 is 0 Å². The van der Waals surface area contributed by atoms with Gasteiger partial charge in [0.15, 0.2) is 0 Å². The van der Waals surface area contributed by atoms with Crippen LogP contribution in [0.5, 0.6) is 0 Å². The molecule has 1 aromatic carbocycles. The van der Waals surface area contributed by atoms with E-state index in [4.69, 9.17) is 4.74 Å². The Morgan fingerprint density at radius 3 is 2.60 bits per heavy atom. The fourth-order valence-electron chi connectivity index (χ4n) is 2.94. The summed E-state index contributed by atoms with van der Waals surface area (Å²) in [5.41, 5.74) is 2.45. The highest BCUT2D eigenvalue weighted by molar-refractivity contribution is 5.71. The zero-order valence-corrected chi connectivity index (χ0v) is 12.4. The first-order valence-corrected chi connectivity index (χ1v) is 7.17. The molecule has 0 saturated carbocycles. The maximum Gasteiger partial charge on any atom is 0.310 e. The molecule has 0 aliphatic carbocycles. The van der Waals surface area contributed by atoms with Crippen LogP contribution < -0.4 is 0 Å². The van der Waals surface area contributed by atoms with Crippen molar-refractivity contribution in [3.63, 3.8) is 0 Å². The molecular formula is C16H23NO3. The summed E-state index contributed by atoms with van der Waals surface area (Å²) in [5.74, 6) is -1.19. The SMILES string of the molecule is CCN(C(C)c1ccc(C)cc1)C1COCC1C(=O)O. The number of carboxylic acid groups (broad SMARTS) is 1. The van der Waals surface area contributed by atoms with Gasteiger partial charge in [0, 0.05) is 12.1 Å². The van der Waals surface area contributed by atoms with Gasteiger partial charge in [-0.15, -0.1) is 0 Å². The van der Waals surface area contributed by atoms with E-state index >= 15 is 0 Å². The molecule has 0 amide bonds. The van der Waals surface area contributed by atoms with Gasteiger partial charge in [0.05, 0.1) is 19.1 Å². The average Bonchev–Trinajstić information content (AvgIpc) is 2.89. The highest BCUT2D eigenvalue weighted by Gasteiger charge is 2.39. The van der Waals surface area contributed by atoms with Crippen LogP contribution in [0.25, 0.3) is 0 Å². The normalized spacial score (nSPS) is 24.0. The average molecular weight is 277 g/mol. The monoisotopic (exact) mass is 277 g/mol. The van der Waals surface area contributed by atoms with Crippen molar-refractivity contribution in [2.24, 2.45) is 5.92 Å². The van der Waals surface area contributed by atoms with Crippen molar-refractivity contribution in [1.29, 1.82) is 0 Å². The van der Waals surface area contributed by atoms with E-state index in [2.05, 4.69) is 49.9 Å². The van der Waals surface area contributed by atoms with E-state index in [1.165, 1.54) is 11.1 Å². The van der Waals surface area contributed by atoms with Crippen LogP contribution in [0.2, 0.25) is 0 Å². The highest BCUT2D eigenvalue weighted by atomic mass is 16.5. The largest absolute Gasteiger partial charge is 0.481 e. The van der Waals surface area contributed by atoms with Crippen molar-refractivity contribution in [2.75, 3.05) is 19.8 Å². The smallest absolute Gasteiger partial charge is 0.310 e. The molecule has 20 heavy (non-hydrogen) atoms. The first kappa shape index (κ1) is 15.0. The maximum atomic E-state index is 11.3. The summed E-state index contributed by atoms with van der Waals surface area (Å²) in [6.45, 7) is 7.90. The molecular weight excluding hydrogens is 254 g/mol. The number of carboxylic acids is 1. The minimum Gasteiger partial charge on any atom is -0.481 e. The second-order valence-corrected chi connectivity index (χ2v) is 5.47. The first-order chi connectivity index (χ1) is 9.54. The lowest BCUT2D eigenvalue weighted by Crippen LogP contribution is -2.44. The molecule has 1 heterocycles. The fraction of sp³-hybridized carbons (Fsp3) is 0.562. The van der Waals surface area contributed by atoms with Gasteiger partial charge in [0.25, 0.3) is 0 Å². The van der Waals surface area contributed by atoms with E-state index in [-0.39, 0.29) is 12.1 Å². The number of likely N-dealkylation sites (N-methyl/N-ethyl adjacent to an activating group) is 1. The van der Waals surface area contributed by atoms with Gasteiger partial charge in [-0.25, -0.2) is 0 Å². The quantitative estimate of drug-likeness (QED) is 0.898. The van der Waals surface area contributed by atoms with Crippen molar-refractivity contribution in [3.05, 3.63) is 35.4 Å². The fourth-order valence-corrected chi connectivity index (χ4v) is 2.94. The third-order valence-corrected chi connectivity index (χ3v) is 4.22. The van der Waals surface area contributed by atoms with E-state index in [0.717, 1.165) is 6.54 Å². The Morgan fingerprint density at radius 2 is 2.05 bits per heavy atom. The number of hydrogen-bond donors (Lipinski definition) is 1. The number of carbonyl (C=O) groups is 1. The third kappa shape index (κ3) is 3.02. The standard InChI is InChI=1S/C16H23NO3/c1-4-17(15-10-20-9-14(15)16(18)19)12(3)13-7-5-11(2)6-8-13/h5-8,12,14-15H,4,9-10H2,1-3H3,(H,18,19). The lowest BCUT2D eigenvalue weighted by atomic mass is 9.97. The van der Waals surface area contributed by atoms with Gasteiger partial charge in [-0.05, 0) is 26.0 Å². The maximum absolute atomic E-state index is 11.3. The van der Waals surface area contributed by atoms with Gasteiger partial charge in [-0.1, -0.05) is 36.8 Å². The van der Waals surface area contributed by atoms with Crippen LogP contribution in [0.3, 0.4) is 0 Å². The number of hydrogen-bond acceptors (Lipinski definition) is 3. The van der Waals surface area contributed by atoms with Gasteiger partial charge in [0.1, 0.15) is 0 Å². The molecule has 0 aromatic heterocycles. The molecule has 4 heteroatoms. The summed E-state index contributed by atoms with van der Waals surface area (Å²) >= 11 is 0. The molecule has 1 fully saturated rings. The van der Waals surface area contributed by atoms with Crippen LogP contribution in [0.4, 0.5) is 0 Å². The number of aryl methyl sites for hydroxylation is 1. The summed E-state index contributed by atoms with van der Waals surface area (Å²) < 4.78 is 5.40. The van der Waals surface area contributed by atoms with Crippen molar-refractivity contribution in [3.8, 4) is 0 Å². The molecule has 110 valence electrons. The number of ether oxygens (including phenoxy) is 1. The van der Waals surface area contributed by atoms with Gasteiger partial charge in [-0.2, -0.15) is 0 Å². The Balaban J connectivity index is 2.18. The molecule has 1 aliphatic heterocycles. The Labute approximate surface area is 120 Å². The lowest BCUT2D eigenvalue weighted by molar-refractivity contribution is -0.143. The minimum atomic E-state index is -0.762. The topological polar surface area (TPSA) is 49.8 Å². The van der Waals surface area contributed by atoms with Crippen molar-refractivity contribution < 1.29 is 14.6 Å². The van der Waals surface area contributed by atoms with E-state index in [1.807, 2.05) is 0 Å². The summed E-state index contributed by atoms with van der Waals surface area (Å²) in [6, 6.07) is 8.57. The van der Waals surface area contributed by atoms with Gasteiger partial charge in [-0.3, -0.25) is 9.69 Å². The molecule has 3 atom stereocenters. The molecule has 0 radical (unpaired) electrons. The minimum absolute atomic E-state index is 0.0474. The molecule has 2 rings (SSSR count). The highest BCUT2D eigenvalue weighted by Crippen LogP contribution is 2.29. The predicted octanol–water partition coefficient (Wildman–Crippen LogP) is 2.48. The Kier molecular flexibility index (Phi) is 4.78. The lowest BCUT2D eigenvalue weighted by Gasteiger charge is -2.34. The molecule has 1 aromatic rings. The van der Waals surface area contributed by atoms with Crippen LogP contribution in [0, 0.1) is 12.8 Å². The molecule has 1 aliphatic rings. The second kappa shape index (κ2) is 6.37. The number of aliphatic carboxylic acids is 1. The van der Waals surface area contributed by atoms with Gasteiger partial charge >= 0.3 is 5.97 Å². The number of nitrogens with zero attached hydrogens (tertiary/aromatic N) is 1. The molecule has 0 spiro atoms. The molecule has 0 bridgehead atoms. The summed E-state index contributed by atoms with van der Waals surface area (Å²) in [5, 5.41) is 9.31. The van der Waals surface area contributed by atoms with Crippen LogP contribution in [0.15, 0.2) is 24.3 Å². The van der Waals surface area contributed by atoms with Gasteiger partial charge in [0.2, 0.25) is 0 Å².